The van der Waals surface area contributed by atoms with Crippen molar-refractivity contribution < 1.29 is 22.8 Å². The molecule has 0 saturated carbocycles. The molecule has 0 unspecified atom stereocenters. The number of hydrogen-bond donors (Lipinski definition) is 0. The maximum atomic E-state index is 12.8. The molecule has 0 aliphatic heterocycles. The van der Waals surface area contributed by atoms with Crippen LogP contribution >= 0.6 is 23.2 Å². The monoisotopic (exact) mass is 435 g/mol. The molecule has 0 saturated heterocycles. The fourth-order valence-corrected chi connectivity index (χ4v) is 2.82. The van der Waals surface area contributed by atoms with Gasteiger partial charge >= 0.3 is 6.18 Å². The number of amidine groups is 1. The second-order valence-electron chi connectivity index (χ2n) is 5.58. The van der Waals surface area contributed by atoms with Gasteiger partial charge in [0.15, 0.2) is 0 Å². The molecule has 2 rings (SSSR count). The van der Waals surface area contributed by atoms with Gasteiger partial charge in [-0.3, -0.25) is 15.1 Å². The number of anilines is 1. The number of aliphatic imine (C=N–C) groups is 1. The van der Waals surface area contributed by atoms with Crippen LogP contribution in [-0.4, -0.2) is 24.9 Å². The van der Waals surface area contributed by atoms with Crippen LogP contribution in [0.2, 0.25) is 10.0 Å². The second-order valence-corrected chi connectivity index (χ2v) is 6.36. The second kappa shape index (κ2) is 8.24. The molecular formula is C17H14Cl2F3N3O3. The van der Waals surface area contributed by atoms with Crippen LogP contribution in [0.15, 0.2) is 35.3 Å². The predicted molar refractivity (Wildman–Crippen MR) is 102 cm³/mol. The van der Waals surface area contributed by atoms with Crippen molar-refractivity contribution in [3.8, 4) is 11.5 Å². The first-order valence-corrected chi connectivity index (χ1v) is 8.41. The standard InChI is InChI=1S/C17H14Cl2F3N3O3/c1-9(23-2)24(3)16-12(25(26)27)5-7-14(15(16)19)28-13-6-4-10(8-11(13)18)17(20,21)22/h4-8H,1-3H3. The van der Waals surface area contributed by atoms with Crippen molar-refractivity contribution in [3.63, 3.8) is 0 Å². The Morgan fingerprint density at radius 2 is 1.82 bits per heavy atom. The Balaban J connectivity index is 2.52. The van der Waals surface area contributed by atoms with Gasteiger partial charge in [-0.1, -0.05) is 23.2 Å². The van der Waals surface area contributed by atoms with Gasteiger partial charge in [0.2, 0.25) is 0 Å². The summed E-state index contributed by atoms with van der Waals surface area (Å²) in [6.45, 7) is 1.63. The highest BCUT2D eigenvalue weighted by Gasteiger charge is 2.31. The summed E-state index contributed by atoms with van der Waals surface area (Å²) in [5.41, 5.74) is -1.20. The molecule has 11 heteroatoms. The van der Waals surface area contributed by atoms with Crippen molar-refractivity contribution in [3.05, 3.63) is 56.1 Å². The zero-order valence-electron chi connectivity index (χ0n) is 14.8. The summed E-state index contributed by atoms with van der Waals surface area (Å²) in [5.74, 6) is 0.342. The van der Waals surface area contributed by atoms with E-state index in [-0.39, 0.29) is 32.9 Å². The molecule has 0 bridgehead atoms. The molecule has 2 aromatic rings. The third kappa shape index (κ3) is 4.48. The van der Waals surface area contributed by atoms with Crippen molar-refractivity contribution in [2.75, 3.05) is 19.0 Å². The summed E-state index contributed by atoms with van der Waals surface area (Å²) in [6, 6.07) is 4.99. The van der Waals surface area contributed by atoms with Gasteiger partial charge in [0.05, 0.1) is 21.3 Å². The van der Waals surface area contributed by atoms with Crippen molar-refractivity contribution in [1.82, 2.24) is 0 Å². The van der Waals surface area contributed by atoms with Crippen molar-refractivity contribution in [2.45, 2.75) is 13.1 Å². The number of halogens is 5. The molecule has 0 heterocycles. The Kier molecular flexibility index (Phi) is 6.41. The number of nitrogens with zero attached hydrogens (tertiary/aromatic N) is 3. The molecule has 0 N–H and O–H groups in total. The lowest BCUT2D eigenvalue weighted by Crippen LogP contribution is -2.24. The number of nitro benzene ring substituents is 1. The van der Waals surface area contributed by atoms with Crippen molar-refractivity contribution >= 4 is 40.4 Å². The number of hydrogen-bond acceptors (Lipinski definition) is 4. The molecule has 6 nitrogen and oxygen atoms in total. The lowest BCUT2D eigenvalue weighted by Gasteiger charge is -2.21. The lowest BCUT2D eigenvalue weighted by atomic mass is 10.2. The molecule has 2 aromatic carbocycles. The molecule has 0 aliphatic rings. The van der Waals surface area contributed by atoms with Crippen LogP contribution in [0.25, 0.3) is 0 Å². The zero-order chi connectivity index (χ0) is 21.2. The van der Waals surface area contributed by atoms with Gasteiger partial charge in [0, 0.05) is 20.2 Å². The number of benzene rings is 2. The molecule has 0 radical (unpaired) electrons. The summed E-state index contributed by atoms with van der Waals surface area (Å²) in [5, 5.41) is 11.0. The van der Waals surface area contributed by atoms with Gasteiger partial charge < -0.3 is 9.64 Å². The van der Waals surface area contributed by atoms with E-state index in [0.717, 1.165) is 18.2 Å². The van der Waals surface area contributed by atoms with E-state index in [0.29, 0.717) is 5.84 Å². The molecule has 0 fully saturated rings. The first kappa shape index (κ1) is 21.8. The van der Waals surface area contributed by atoms with Gasteiger partial charge in [-0.25, -0.2) is 0 Å². The molecular weight excluding hydrogens is 422 g/mol. The molecule has 150 valence electrons. The third-order valence-electron chi connectivity index (χ3n) is 3.88. The topological polar surface area (TPSA) is 68.0 Å². The first-order valence-electron chi connectivity index (χ1n) is 7.66. The Hall–Kier alpha value is -2.52. The van der Waals surface area contributed by atoms with Crippen LogP contribution < -0.4 is 9.64 Å². The van der Waals surface area contributed by atoms with E-state index in [1.54, 1.807) is 6.92 Å². The molecule has 0 atom stereocenters. The maximum Gasteiger partial charge on any atom is 0.416 e. The number of ether oxygens (including phenoxy) is 1. The normalized spacial score (nSPS) is 12.1. The van der Waals surface area contributed by atoms with E-state index in [9.17, 15) is 23.3 Å². The first-order chi connectivity index (χ1) is 13.0. The number of nitro groups is 1. The molecule has 0 amide bonds. The zero-order valence-corrected chi connectivity index (χ0v) is 16.4. The van der Waals surface area contributed by atoms with Gasteiger partial charge in [-0.05, 0) is 31.2 Å². The molecule has 28 heavy (non-hydrogen) atoms. The van der Waals surface area contributed by atoms with Gasteiger partial charge in [-0.15, -0.1) is 0 Å². The average Bonchev–Trinajstić information content (AvgIpc) is 2.62. The van der Waals surface area contributed by atoms with Crippen LogP contribution in [0, 0.1) is 10.1 Å². The third-order valence-corrected chi connectivity index (χ3v) is 4.54. The minimum atomic E-state index is -4.56. The Morgan fingerprint density at radius 1 is 1.21 bits per heavy atom. The summed E-state index contributed by atoms with van der Waals surface area (Å²) < 4.78 is 43.8. The van der Waals surface area contributed by atoms with Gasteiger partial charge in [-0.2, -0.15) is 13.2 Å². The fourth-order valence-electron chi connectivity index (χ4n) is 2.27. The minimum absolute atomic E-state index is 0.0142. The van der Waals surface area contributed by atoms with E-state index in [1.807, 2.05) is 0 Å². The van der Waals surface area contributed by atoms with Gasteiger partial charge in [0.1, 0.15) is 22.2 Å². The van der Waals surface area contributed by atoms with Crippen LogP contribution in [0.5, 0.6) is 11.5 Å². The van der Waals surface area contributed by atoms with E-state index in [4.69, 9.17) is 27.9 Å². The highest BCUT2D eigenvalue weighted by Crippen LogP contribution is 2.44. The summed E-state index contributed by atoms with van der Waals surface area (Å²) in [6.07, 6.45) is -4.56. The number of rotatable bonds is 4. The SMILES string of the molecule is CN=C(C)N(C)c1c([N+](=O)[O-])ccc(Oc2ccc(C(F)(F)F)cc2Cl)c1Cl. The van der Waals surface area contributed by atoms with Crippen LogP contribution in [0.3, 0.4) is 0 Å². The van der Waals surface area contributed by atoms with Crippen molar-refractivity contribution in [1.29, 1.82) is 0 Å². The molecule has 0 aromatic heterocycles. The highest BCUT2D eigenvalue weighted by molar-refractivity contribution is 6.36. The van der Waals surface area contributed by atoms with E-state index >= 15 is 0 Å². The number of alkyl halides is 3. The van der Waals surface area contributed by atoms with Crippen LogP contribution in [-0.2, 0) is 6.18 Å². The Morgan fingerprint density at radius 3 is 2.32 bits per heavy atom. The lowest BCUT2D eigenvalue weighted by molar-refractivity contribution is -0.384. The largest absolute Gasteiger partial charge is 0.454 e. The summed E-state index contributed by atoms with van der Waals surface area (Å²) >= 11 is 12.2. The Labute approximate surface area is 168 Å². The van der Waals surface area contributed by atoms with Gasteiger partial charge in [0.25, 0.3) is 5.69 Å². The van der Waals surface area contributed by atoms with Crippen molar-refractivity contribution in [2.24, 2.45) is 4.99 Å². The maximum absolute atomic E-state index is 12.8. The summed E-state index contributed by atoms with van der Waals surface area (Å²) in [7, 11) is 3.04. The van der Waals surface area contributed by atoms with E-state index in [1.165, 1.54) is 31.1 Å². The molecule has 0 spiro atoms. The van der Waals surface area contributed by atoms with E-state index in [2.05, 4.69) is 4.99 Å². The highest BCUT2D eigenvalue weighted by atomic mass is 35.5. The minimum Gasteiger partial charge on any atom is -0.454 e. The van der Waals surface area contributed by atoms with Crippen LogP contribution in [0.4, 0.5) is 24.5 Å². The van der Waals surface area contributed by atoms with E-state index < -0.39 is 16.7 Å². The van der Waals surface area contributed by atoms with Crippen LogP contribution in [0.1, 0.15) is 12.5 Å². The quantitative estimate of drug-likeness (QED) is 0.248. The summed E-state index contributed by atoms with van der Waals surface area (Å²) in [4.78, 5) is 16.1. The Bertz CT molecular complexity index is 949. The average molecular weight is 436 g/mol. The molecule has 0 aliphatic carbocycles. The fraction of sp³-hybridized carbons (Fsp3) is 0.235. The smallest absolute Gasteiger partial charge is 0.416 e. The predicted octanol–water partition coefficient (Wildman–Crippen LogP) is 6.20.